The molecule has 1 atom stereocenters. The lowest BCUT2D eigenvalue weighted by Crippen LogP contribution is -2.50. The van der Waals surface area contributed by atoms with E-state index in [1.165, 1.54) is 75.6 Å². The first kappa shape index (κ1) is 27.1. The van der Waals surface area contributed by atoms with Crippen LogP contribution in [-0.4, -0.2) is 43.5 Å². The highest BCUT2D eigenvalue weighted by Gasteiger charge is 2.34. The van der Waals surface area contributed by atoms with Gasteiger partial charge >= 0.3 is 0 Å². The van der Waals surface area contributed by atoms with Crippen molar-refractivity contribution < 1.29 is 4.74 Å². The molecule has 3 nitrogen and oxygen atoms in total. The predicted octanol–water partition coefficient (Wildman–Crippen LogP) is 7.42. The normalized spacial score (nSPS) is 24.3. The van der Waals surface area contributed by atoms with Crippen molar-refractivity contribution in [1.82, 2.24) is 4.90 Å². The molecule has 1 unspecified atom stereocenters. The molecule has 196 valence electrons. The number of piperidine rings is 1. The molecular weight excluding hydrogens is 439 g/mol. The molecule has 36 heavy (non-hydrogen) atoms. The molecule has 1 aromatic carbocycles. The van der Waals surface area contributed by atoms with E-state index in [9.17, 15) is 0 Å². The van der Waals surface area contributed by atoms with Crippen LogP contribution >= 0.6 is 0 Å². The first-order valence-electron chi connectivity index (χ1n) is 14.5. The van der Waals surface area contributed by atoms with Gasteiger partial charge < -0.3 is 10.1 Å². The summed E-state index contributed by atoms with van der Waals surface area (Å²) in [6.45, 7) is 14.9. The lowest BCUT2D eigenvalue weighted by Gasteiger charge is -2.41. The zero-order valence-corrected chi connectivity index (χ0v) is 23.8. The summed E-state index contributed by atoms with van der Waals surface area (Å²) in [6.07, 6.45) is 21.8. The van der Waals surface area contributed by atoms with Crippen LogP contribution in [0.1, 0.15) is 91.5 Å². The molecule has 1 heterocycles. The van der Waals surface area contributed by atoms with E-state index in [-0.39, 0.29) is 16.5 Å². The minimum Gasteiger partial charge on any atom is -0.485 e. The minimum absolute atomic E-state index is 0.0715. The molecule has 0 spiro atoms. The van der Waals surface area contributed by atoms with Gasteiger partial charge in [0.25, 0.3) is 0 Å². The fourth-order valence-corrected chi connectivity index (χ4v) is 6.03. The van der Waals surface area contributed by atoms with Crippen molar-refractivity contribution in [3.05, 3.63) is 54.1 Å². The number of benzene rings is 1. The van der Waals surface area contributed by atoms with Crippen LogP contribution in [0.4, 0.5) is 5.69 Å². The van der Waals surface area contributed by atoms with Crippen molar-refractivity contribution in [3.63, 3.8) is 0 Å². The van der Waals surface area contributed by atoms with E-state index < -0.39 is 0 Å². The van der Waals surface area contributed by atoms with Crippen molar-refractivity contribution in [2.24, 2.45) is 5.92 Å². The van der Waals surface area contributed by atoms with E-state index in [1.807, 2.05) is 0 Å². The first-order valence-corrected chi connectivity index (χ1v) is 14.5. The Bertz CT molecular complexity index is 976. The van der Waals surface area contributed by atoms with Crippen molar-refractivity contribution in [2.75, 3.05) is 25.0 Å². The van der Waals surface area contributed by atoms with Crippen molar-refractivity contribution in [3.8, 4) is 5.75 Å². The van der Waals surface area contributed by atoms with Crippen LogP contribution in [0.5, 0.6) is 5.75 Å². The van der Waals surface area contributed by atoms with Crippen molar-refractivity contribution in [1.29, 1.82) is 0 Å². The number of ether oxygens (including phenoxy) is 1. The number of anilines is 1. The lowest BCUT2D eigenvalue weighted by molar-refractivity contribution is 0.0257. The fraction of sp³-hybridized carbons (Fsp3) is 0.625. The Hall–Kier alpha value is -1.94. The smallest absolute Gasteiger partial charge is 0.143 e. The summed E-state index contributed by atoms with van der Waals surface area (Å²) >= 11 is 0. The summed E-state index contributed by atoms with van der Waals surface area (Å²) in [7, 11) is 2.25. The number of nitrogens with one attached hydrogen (secondary N) is 1. The van der Waals surface area contributed by atoms with Crippen LogP contribution in [0.25, 0.3) is 5.57 Å². The standard InChI is InChI=1S/C32H49BN2O/c1-30(2,35-21-10-7-11-22-35)24-34-28-17-16-26(25-13-12-19-32(5,33)20-18-25)23-29(28)36-31(3,4)27-14-8-6-9-15-27/h12-13,16-20,23,27,34H,6-11,14-15,21-22,24,33H2,1-5H3. The molecule has 4 heteroatoms. The van der Waals surface area contributed by atoms with Gasteiger partial charge in [-0.3, -0.25) is 4.90 Å². The Morgan fingerprint density at radius 3 is 2.42 bits per heavy atom. The Morgan fingerprint density at radius 2 is 1.69 bits per heavy atom. The molecule has 0 amide bonds. The van der Waals surface area contributed by atoms with Crippen LogP contribution in [0.3, 0.4) is 0 Å². The average Bonchev–Trinajstić information content (AvgIpc) is 3.04. The van der Waals surface area contributed by atoms with Crippen molar-refractivity contribution in [2.45, 2.75) is 102 Å². The van der Waals surface area contributed by atoms with Gasteiger partial charge in [-0.15, -0.1) is 0 Å². The molecule has 1 saturated carbocycles. The molecule has 2 fully saturated rings. The summed E-state index contributed by atoms with van der Waals surface area (Å²) in [6, 6.07) is 6.75. The minimum atomic E-state index is -0.187. The van der Waals surface area contributed by atoms with Gasteiger partial charge in [-0.1, -0.05) is 69.1 Å². The SMILES string of the molecule is BC1(C)C=CC=C(c2ccc(NCC(C)(C)N3CCCCC3)c(OC(C)(C)C3CCCCC3)c2)C=C1. The van der Waals surface area contributed by atoms with Crippen LogP contribution in [0, 0.1) is 5.92 Å². The highest BCUT2D eigenvalue weighted by atomic mass is 16.5. The highest BCUT2D eigenvalue weighted by Crippen LogP contribution is 2.40. The van der Waals surface area contributed by atoms with Crippen LogP contribution in [-0.2, 0) is 0 Å². The molecule has 1 aromatic rings. The third-order valence-corrected chi connectivity index (χ3v) is 8.69. The van der Waals surface area contributed by atoms with E-state index in [0.29, 0.717) is 5.92 Å². The van der Waals surface area contributed by atoms with E-state index in [1.54, 1.807) is 0 Å². The Labute approximate surface area is 221 Å². The quantitative estimate of drug-likeness (QED) is 0.385. The highest BCUT2D eigenvalue weighted by molar-refractivity contribution is 6.18. The maximum absolute atomic E-state index is 6.94. The van der Waals surface area contributed by atoms with Gasteiger partial charge in [0.2, 0.25) is 0 Å². The van der Waals surface area contributed by atoms with Gasteiger partial charge in [0.15, 0.2) is 0 Å². The van der Waals surface area contributed by atoms with Gasteiger partial charge in [-0.05, 0) is 101 Å². The Morgan fingerprint density at radius 1 is 1.00 bits per heavy atom. The number of allylic oxidation sites excluding steroid dienone is 6. The topological polar surface area (TPSA) is 24.5 Å². The maximum atomic E-state index is 6.94. The molecule has 4 rings (SSSR count). The molecule has 1 saturated heterocycles. The second kappa shape index (κ2) is 11.2. The summed E-state index contributed by atoms with van der Waals surface area (Å²) in [5.41, 5.74) is 3.48. The zero-order valence-electron chi connectivity index (χ0n) is 23.8. The van der Waals surface area contributed by atoms with Gasteiger partial charge in [0.1, 0.15) is 19.2 Å². The maximum Gasteiger partial charge on any atom is 0.143 e. The molecule has 2 aliphatic carbocycles. The monoisotopic (exact) mass is 488 g/mol. The van der Waals surface area contributed by atoms with Crippen LogP contribution in [0.2, 0.25) is 5.31 Å². The van der Waals surface area contributed by atoms with Gasteiger partial charge in [-0.25, -0.2) is 0 Å². The van der Waals surface area contributed by atoms with E-state index in [4.69, 9.17) is 4.74 Å². The Balaban J connectivity index is 1.59. The van der Waals surface area contributed by atoms with Gasteiger partial charge in [-0.2, -0.15) is 0 Å². The summed E-state index contributed by atoms with van der Waals surface area (Å²) < 4.78 is 6.94. The van der Waals surface area contributed by atoms with Crippen LogP contribution < -0.4 is 10.1 Å². The number of likely N-dealkylation sites (tertiary alicyclic amines) is 1. The third kappa shape index (κ3) is 6.88. The van der Waals surface area contributed by atoms with E-state index in [2.05, 4.69) is 101 Å². The average molecular weight is 489 g/mol. The molecule has 0 aromatic heterocycles. The summed E-state index contributed by atoms with van der Waals surface area (Å²) in [5, 5.41) is 3.89. The lowest BCUT2D eigenvalue weighted by atomic mass is 9.70. The summed E-state index contributed by atoms with van der Waals surface area (Å²) in [5.74, 6) is 1.59. The molecule has 3 aliphatic rings. The molecule has 1 N–H and O–H groups in total. The van der Waals surface area contributed by atoms with Crippen LogP contribution in [0.15, 0.2) is 48.6 Å². The molecule has 0 bridgehead atoms. The fourth-order valence-electron chi connectivity index (χ4n) is 6.03. The van der Waals surface area contributed by atoms with E-state index >= 15 is 0 Å². The van der Waals surface area contributed by atoms with E-state index in [0.717, 1.165) is 18.0 Å². The molecular formula is C32H49BN2O. The zero-order chi connectivity index (χ0) is 25.8. The number of hydrogen-bond acceptors (Lipinski definition) is 3. The predicted molar refractivity (Wildman–Crippen MR) is 159 cm³/mol. The van der Waals surface area contributed by atoms with Crippen molar-refractivity contribution >= 4 is 19.1 Å². The molecule has 1 aliphatic heterocycles. The second-order valence-corrected chi connectivity index (χ2v) is 13.1. The number of hydrogen-bond donors (Lipinski definition) is 1. The van der Waals surface area contributed by atoms with Gasteiger partial charge in [0, 0.05) is 12.1 Å². The Kier molecular flexibility index (Phi) is 8.44. The summed E-state index contributed by atoms with van der Waals surface area (Å²) in [4.78, 5) is 2.65. The molecule has 0 radical (unpaired) electrons. The first-order chi connectivity index (χ1) is 17.1. The largest absolute Gasteiger partial charge is 0.485 e. The third-order valence-electron chi connectivity index (χ3n) is 8.69. The second-order valence-electron chi connectivity index (χ2n) is 13.1. The van der Waals surface area contributed by atoms with Gasteiger partial charge in [0.05, 0.1) is 5.69 Å². The number of rotatable bonds is 8. The number of nitrogens with zero attached hydrogens (tertiary/aromatic N) is 1.